The predicted octanol–water partition coefficient (Wildman–Crippen LogP) is 2.42. The van der Waals surface area contributed by atoms with E-state index in [0.29, 0.717) is 24.2 Å². The molecule has 24 heavy (non-hydrogen) atoms. The Balaban J connectivity index is 2.18. The number of esters is 1. The third-order valence-corrected chi connectivity index (χ3v) is 4.50. The Morgan fingerprint density at radius 2 is 1.92 bits per heavy atom. The number of aliphatic carboxylic acids is 1. The Hall–Kier alpha value is -2.57. The highest BCUT2D eigenvalue weighted by atomic mass is 16.5. The number of carboxylic acid groups (broad SMARTS) is 1. The molecule has 2 N–H and O–H groups in total. The van der Waals surface area contributed by atoms with Crippen molar-refractivity contribution in [2.45, 2.75) is 27.2 Å². The number of amides is 2. The minimum absolute atomic E-state index is 0.156. The molecule has 2 amide bonds. The van der Waals surface area contributed by atoms with E-state index in [4.69, 9.17) is 4.74 Å². The first kappa shape index (κ1) is 17.8. The molecule has 1 unspecified atom stereocenters. The predicted molar refractivity (Wildman–Crippen MR) is 88.2 cm³/mol. The summed E-state index contributed by atoms with van der Waals surface area (Å²) in [6, 6.07) is 3.01. The van der Waals surface area contributed by atoms with Gasteiger partial charge in [-0.3, -0.25) is 4.79 Å². The number of anilines is 1. The number of rotatable bonds is 3. The lowest BCUT2D eigenvalue weighted by molar-refractivity contribution is -0.146. The number of ether oxygens (including phenoxy) is 1. The van der Waals surface area contributed by atoms with E-state index in [-0.39, 0.29) is 12.6 Å². The van der Waals surface area contributed by atoms with Gasteiger partial charge >= 0.3 is 18.0 Å². The molecule has 0 aromatic heterocycles. The fourth-order valence-electron chi connectivity index (χ4n) is 2.82. The normalized spacial score (nSPS) is 19.9. The van der Waals surface area contributed by atoms with Crippen LogP contribution in [0.1, 0.15) is 34.8 Å². The van der Waals surface area contributed by atoms with Crippen LogP contribution in [-0.2, 0) is 9.53 Å². The van der Waals surface area contributed by atoms with Crippen LogP contribution < -0.4 is 5.32 Å². The molecule has 0 radical (unpaired) electrons. The van der Waals surface area contributed by atoms with Crippen LogP contribution >= 0.6 is 0 Å². The first-order valence-corrected chi connectivity index (χ1v) is 7.67. The van der Waals surface area contributed by atoms with E-state index in [1.807, 2.05) is 6.92 Å². The number of aryl methyl sites for hydroxylation is 2. The number of nitrogens with zero attached hydrogens (tertiary/aromatic N) is 1. The molecular formula is C17H22N2O5. The van der Waals surface area contributed by atoms with Gasteiger partial charge in [0.15, 0.2) is 0 Å². The molecule has 1 aliphatic heterocycles. The number of benzene rings is 1. The Morgan fingerprint density at radius 1 is 1.25 bits per heavy atom. The van der Waals surface area contributed by atoms with E-state index in [1.54, 1.807) is 26.0 Å². The average Bonchev–Trinajstić information content (AvgIpc) is 2.93. The van der Waals surface area contributed by atoms with E-state index in [1.165, 1.54) is 12.0 Å². The van der Waals surface area contributed by atoms with Gasteiger partial charge in [-0.05, 0) is 44.4 Å². The third kappa shape index (κ3) is 3.34. The van der Waals surface area contributed by atoms with Crippen LogP contribution in [0, 0.1) is 19.3 Å². The number of likely N-dealkylation sites (tertiary alicyclic amines) is 1. The number of methoxy groups -OCH3 is 1. The van der Waals surface area contributed by atoms with Gasteiger partial charge in [0, 0.05) is 18.8 Å². The number of hydrogen-bond acceptors (Lipinski definition) is 4. The molecule has 1 heterocycles. The summed E-state index contributed by atoms with van der Waals surface area (Å²) < 4.78 is 4.74. The molecule has 1 aromatic rings. The molecule has 0 saturated carbocycles. The second-order valence-corrected chi connectivity index (χ2v) is 6.44. The fourth-order valence-corrected chi connectivity index (χ4v) is 2.82. The van der Waals surface area contributed by atoms with Crippen molar-refractivity contribution in [2.24, 2.45) is 5.41 Å². The van der Waals surface area contributed by atoms with E-state index >= 15 is 0 Å². The van der Waals surface area contributed by atoms with Crippen LogP contribution in [-0.4, -0.2) is 48.2 Å². The molecule has 0 spiro atoms. The van der Waals surface area contributed by atoms with Crippen molar-refractivity contribution in [2.75, 3.05) is 25.5 Å². The quantitative estimate of drug-likeness (QED) is 0.828. The van der Waals surface area contributed by atoms with Crippen LogP contribution in [0.15, 0.2) is 12.1 Å². The molecule has 0 bridgehead atoms. The average molecular weight is 334 g/mol. The van der Waals surface area contributed by atoms with Gasteiger partial charge in [-0.25, -0.2) is 9.59 Å². The van der Waals surface area contributed by atoms with Crippen LogP contribution in [0.4, 0.5) is 10.5 Å². The Labute approximate surface area is 140 Å². The minimum atomic E-state index is -0.920. The number of carboxylic acids is 1. The van der Waals surface area contributed by atoms with Crippen LogP contribution in [0.25, 0.3) is 0 Å². The van der Waals surface area contributed by atoms with Crippen molar-refractivity contribution in [3.8, 4) is 0 Å². The molecule has 1 aliphatic rings. The topological polar surface area (TPSA) is 95.9 Å². The summed E-state index contributed by atoms with van der Waals surface area (Å²) in [5, 5.41) is 12.0. The van der Waals surface area contributed by atoms with E-state index in [0.717, 1.165) is 11.1 Å². The molecule has 130 valence electrons. The number of carbonyl (C=O) groups is 3. The Kier molecular flexibility index (Phi) is 4.82. The van der Waals surface area contributed by atoms with Crippen LogP contribution in [0.3, 0.4) is 0 Å². The third-order valence-electron chi connectivity index (χ3n) is 4.50. The zero-order valence-corrected chi connectivity index (χ0v) is 14.3. The monoisotopic (exact) mass is 334 g/mol. The van der Waals surface area contributed by atoms with E-state index in [9.17, 15) is 19.5 Å². The van der Waals surface area contributed by atoms with E-state index in [2.05, 4.69) is 5.32 Å². The second-order valence-electron chi connectivity index (χ2n) is 6.44. The molecule has 1 saturated heterocycles. The van der Waals surface area contributed by atoms with Crippen molar-refractivity contribution >= 4 is 23.7 Å². The highest BCUT2D eigenvalue weighted by Gasteiger charge is 2.42. The smallest absolute Gasteiger partial charge is 0.338 e. The standard InChI is InChI=1S/C17H22N2O5/c1-10-7-11(2)13(8-12(10)14(20)24-4)18-16(23)19-6-5-17(3,9-19)15(21)22/h7-8H,5-6,9H2,1-4H3,(H,18,23)(H,21,22). The summed E-state index contributed by atoms with van der Waals surface area (Å²) in [6.45, 7) is 5.79. The van der Waals surface area contributed by atoms with Crippen molar-refractivity contribution in [1.29, 1.82) is 0 Å². The zero-order chi connectivity index (χ0) is 18.1. The molecule has 7 nitrogen and oxygen atoms in total. The number of hydrogen-bond donors (Lipinski definition) is 2. The number of carbonyl (C=O) groups excluding carboxylic acids is 2. The highest BCUT2D eigenvalue weighted by molar-refractivity contribution is 5.96. The van der Waals surface area contributed by atoms with Crippen molar-refractivity contribution in [3.05, 3.63) is 28.8 Å². The van der Waals surface area contributed by atoms with Gasteiger partial charge in [0.1, 0.15) is 0 Å². The molecular weight excluding hydrogens is 312 g/mol. The van der Waals surface area contributed by atoms with Crippen molar-refractivity contribution in [3.63, 3.8) is 0 Å². The highest BCUT2D eigenvalue weighted by Crippen LogP contribution is 2.31. The van der Waals surface area contributed by atoms with Gasteiger partial charge in [-0.15, -0.1) is 0 Å². The minimum Gasteiger partial charge on any atom is -0.481 e. The van der Waals surface area contributed by atoms with Crippen LogP contribution in [0.5, 0.6) is 0 Å². The lowest BCUT2D eigenvalue weighted by atomic mass is 9.90. The van der Waals surface area contributed by atoms with Gasteiger partial charge in [0.2, 0.25) is 0 Å². The second kappa shape index (κ2) is 6.51. The molecule has 1 atom stereocenters. The van der Waals surface area contributed by atoms with Gasteiger partial charge in [-0.2, -0.15) is 0 Å². The largest absolute Gasteiger partial charge is 0.481 e. The number of urea groups is 1. The number of nitrogens with one attached hydrogen (secondary N) is 1. The first-order chi connectivity index (χ1) is 11.2. The van der Waals surface area contributed by atoms with Crippen molar-refractivity contribution < 1.29 is 24.2 Å². The van der Waals surface area contributed by atoms with Gasteiger partial charge in [-0.1, -0.05) is 6.07 Å². The maximum Gasteiger partial charge on any atom is 0.338 e. The molecule has 2 rings (SSSR count). The van der Waals surface area contributed by atoms with E-state index < -0.39 is 17.4 Å². The Morgan fingerprint density at radius 3 is 2.46 bits per heavy atom. The maximum absolute atomic E-state index is 12.4. The lowest BCUT2D eigenvalue weighted by Crippen LogP contribution is -2.37. The maximum atomic E-state index is 12.4. The molecule has 1 fully saturated rings. The molecule has 0 aliphatic carbocycles. The summed E-state index contributed by atoms with van der Waals surface area (Å²) in [5.41, 5.74) is 1.55. The molecule has 7 heteroatoms. The summed E-state index contributed by atoms with van der Waals surface area (Å²) in [5.74, 6) is -1.38. The summed E-state index contributed by atoms with van der Waals surface area (Å²) in [6.07, 6.45) is 0.413. The summed E-state index contributed by atoms with van der Waals surface area (Å²) >= 11 is 0. The van der Waals surface area contributed by atoms with Crippen LogP contribution in [0.2, 0.25) is 0 Å². The van der Waals surface area contributed by atoms with Gasteiger partial charge in [0.05, 0.1) is 18.1 Å². The summed E-state index contributed by atoms with van der Waals surface area (Å²) in [7, 11) is 1.30. The fraction of sp³-hybridized carbons (Fsp3) is 0.471. The Bertz CT molecular complexity index is 700. The van der Waals surface area contributed by atoms with Gasteiger partial charge in [0.25, 0.3) is 0 Å². The van der Waals surface area contributed by atoms with Gasteiger partial charge < -0.3 is 20.1 Å². The lowest BCUT2D eigenvalue weighted by Gasteiger charge is -2.21. The SMILES string of the molecule is COC(=O)c1cc(NC(=O)N2CCC(C)(C(=O)O)C2)c(C)cc1C. The molecule has 1 aromatic carbocycles. The summed E-state index contributed by atoms with van der Waals surface area (Å²) in [4.78, 5) is 37.0. The van der Waals surface area contributed by atoms with Crippen molar-refractivity contribution in [1.82, 2.24) is 4.90 Å². The first-order valence-electron chi connectivity index (χ1n) is 7.67. The zero-order valence-electron chi connectivity index (χ0n) is 14.3.